The summed E-state index contributed by atoms with van der Waals surface area (Å²) in [4.78, 5) is 0. The van der Waals surface area contributed by atoms with E-state index in [-0.39, 0.29) is 5.60 Å². The average molecular weight is 225 g/mol. The van der Waals surface area contributed by atoms with Gasteiger partial charge in [-0.3, -0.25) is 0 Å². The van der Waals surface area contributed by atoms with Crippen molar-refractivity contribution in [3.05, 3.63) is 0 Å². The van der Waals surface area contributed by atoms with Crippen LogP contribution in [0.5, 0.6) is 0 Å². The Hall–Kier alpha value is -0.120. The quantitative estimate of drug-likeness (QED) is 0.774. The average Bonchev–Trinajstić information content (AvgIpc) is 2.78. The number of nitrogens with one attached hydrogen (secondary N) is 1. The first-order valence-corrected chi connectivity index (χ1v) is 6.85. The van der Waals surface area contributed by atoms with Crippen LogP contribution in [0.15, 0.2) is 0 Å². The van der Waals surface area contributed by atoms with Gasteiger partial charge in [-0.05, 0) is 32.1 Å². The zero-order valence-electron chi connectivity index (χ0n) is 10.0. The van der Waals surface area contributed by atoms with E-state index in [2.05, 4.69) is 5.32 Å². The highest BCUT2D eigenvalue weighted by molar-refractivity contribution is 4.93. The van der Waals surface area contributed by atoms with E-state index in [0.29, 0.717) is 6.10 Å². The molecule has 92 valence electrons. The van der Waals surface area contributed by atoms with Gasteiger partial charge in [0.15, 0.2) is 0 Å². The van der Waals surface area contributed by atoms with Gasteiger partial charge in [-0.1, -0.05) is 12.8 Å². The third kappa shape index (κ3) is 2.58. The molecule has 0 aromatic carbocycles. The molecule has 1 N–H and O–H groups in total. The molecule has 3 rings (SSSR count). The second-order valence-electron chi connectivity index (χ2n) is 5.65. The summed E-state index contributed by atoms with van der Waals surface area (Å²) in [5, 5.41) is 3.65. The van der Waals surface area contributed by atoms with Crippen molar-refractivity contribution in [3.8, 4) is 0 Å². The lowest BCUT2D eigenvalue weighted by molar-refractivity contribution is -0.0889. The summed E-state index contributed by atoms with van der Waals surface area (Å²) >= 11 is 0. The first kappa shape index (κ1) is 11.0. The van der Waals surface area contributed by atoms with Crippen molar-refractivity contribution in [1.29, 1.82) is 0 Å². The minimum atomic E-state index is 0.140. The van der Waals surface area contributed by atoms with Crippen molar-refractivity contribution < 1.29 is 9.47 Å². The maximum Gasteiger partial charge on any atom is 0.0838 e. The van der Waals surface area contributed by atoms with Crippen LogP contribution in [0.2, 0.25) is 0 Å². The maximum absolute atomic E-state index is 6.35. The summed E-state index contributed by atoms with van der Waals surface area (Å²) in [5.74, 6) is 0. The Balaban J connectivity index is 1.54. The molecule has 0 spiro atoms. The zero-order valence-corrected chi connectivity index (χ0v) is 10.0. The van der Waals surface area contributed by atoms with Gasteiger partial charge in [0.2, 0.25) is 0 Å². The number of hydrogen-bond donors (Lipinski definition) is 1. The Morgan fingerprint density at radius 2 is 2.00 bits per heavy atom. The molecule has 16 heavy (non-hydrogen) atoms. The molecule has 1 saturated heterocycles. The standard InChI is InChI=1S/C13H23NO2/c1-2-7-13(6-1,10-14-11-3-4-11)16-12-5-8-15-9-12/h11-12,14H,1-10H2. The van der Waals surface area contributed by atoms with Crippen LogP contribution in [0.25, 0.3) is 0 Å². The van der Waals surface area contributed by atoms with Crippen LogP contribution in [0.3, 0.4) is 0 Å². The lowest BCUT2D eigenvalue weighted by Gasteiger charge is -2.32. The molecule has 3 heteroatoms. The Morgan fingerprint density at radius 1 is 1.19 bits per heavy atom. The van der Waals surface area contributed by atoms with E-state index in [0.717, 1.165) is 32.2 Å². The molecular weight excluding hydrogens is 202 g/mol. The lowest BCUT2D eigenvalue weighted by atomic mass is 10.0. The highest BCUT2D eigenvalue weighted by atomic mass is 16.6. The van der Waals surface area contributed by atoms with Gasteiger partial charge in [-0.2, -0.15) is 0 Å². The Kier molecular flexibility index (Phi) is 3.18. The van der Waals surface area contributed by atoms with Crippen LogP contribution < -0.4 is 5.32 Å². The number of hydrogen-bond acceptors (Lipinski definition) is 3. The SMILES string of the molecule is C1CCC(CNC2CC2)(OC2CCOC2)C1. The first-order chi connectivity index (χ1) is 7.86. The summed E-state index contributed by atoms with van der Waals surface area (Å²) < 4.78 is 11.8. The molecule has 1 aliphatic heterocycles. The molecule has 0 amide bonds. The fourth-order valence-corrected chi connectivity index (χ4v) is 2.93. The van der Waals surface area contributed by atoms with Crippen LogP contribution in [0.1, 0.15) is 44.9 Å². The smallest absolute Gasteiger partial charge is 0.0838 e. The zero-order chi connectivity index (χ0) is 10.8. The van der Waals surface area contributed by atoms with Gasteiger partial charge in [-0.25, -0.2) is 0 Å². The molecule has 0 aromatic heterocycles. The van der Waals surface area contributed by atoms with Gasteiger partial charge < -0.3 is 14.8 Å². The van der Waals surface area contributed by atoms with Crippen LogP contribution in [-0.4, -0.2) is 37.5 Å². The Bertz CT molecular complexity index is 228. The molecule has 3 aliphatic rings. The topological polar surface area (TPSA) is 30.5 Å². The monoisotopic (exact) mass is 225 g/mol. The summed E-state index contributed by atoms with van der Waals surface area (Å²) in [6.45, 7) is 2.76. The second-order valence-corrected chi connectivity index (χ2v) is 5.65. The van der Waals surface area contributed by atoms with E-state index in [9.17, 15) is 0 Å². The second kappa shape index (κ2) is 4.63. The third-order valence-electron chi connectivity index (χ3n) is 4.11. The summed E-state index contributed by atoms with van der Waals surface area (Å²) in [5.41, 5.74) is 0.140. The molecule has 3 nitrogen and oxygen atoms in total. The van der Waals surface area contributed by atoms with E-state index < -0.39 is 0 Å². The maximum atomic E-state index is 6.35. The van der Waals surface area contributed by atoms with Gasteiger partial charge in [0.05, 0.1) is 18.3 Å². The van der Waals surface area contributed by atoms with Gasteiger partial charge in [0, 0.05) is 19.2 Å². The van der Waals surface area contributed by atoms with Crippen molar-refractivity contribution in [2.45, 2.75) is 62.7 Å². The fourth-order valence-electron chi connectivity index (χ4n) is 2.93. The summed E-state index contributed by atoms with van der Waals surface area (Å²) in [6, 6.07) is 0.793. The van der Waals surface area contributed by atoms with Crippen molar-refractivity contribution >= 4 is 0 Å². The summed E-state index contributed by atoms with van der Waals surface area (Å²) in [6.07, 6.45) is 9.32. The van der Waals surface area contributed by atoms with Gasteiger partial charge in [0.25, 0.3) is 0 Å². The number of rotatable bonds is 5. The molecule has 0 radical (unpaired) electrons. The van der Waals surface area contributed by atoms with Gasteiger partial charge >= 0.3 is 0 Å². The van der Waals surface area contributed by atoms with E-state index in [1.54, 1.807) is 0 Å². The Morgan fingerprint density at radius 3 is 2.62 bits per heavy atom. The predicted octanol–water partition coefficient (Wildman–Crippen LogP) is 1.86. The number of ether oxygens (including phenoxy) is 2. The lowest BCUT2D eigenvalue weighted by Crippen LogP contribution is -2.44. The van der Waals surface area contributed by atoms with E-state index in [1.165, 1.54) is 38.5 Å². The van der Waals surface area contributed by atoms with E-state index in [4.69, 9.17) is 9.47 Å². The molecular formula is C13H23NO2. The van der Waals surface area contributed by atoms with Gasteiger partial charge in [-0.15, -0.1) is 0 Å². The van der Waals surface area contributed by atoms with Crippen molar-refractivity contribution in [3.63, 3.8) is 0 Å². The Labute approximate surface area is 97.9 Å². The predicted molar refractivity (Wildman–Crippen MR) is 62.5 cm³/mol. The largest absolute Gasteiger partial charge is 0.379 e. The molecule has 2 saturated carbocycles. The minimum Gasteiger partial charge on any atom is -0.379 e. The molecule has 2 aliphatic carbocycles. The molecule has 1 unspecified atom stereocenters. The van der Waals surface area contributed by atoms with Crippen LogP contribution in [0, 0.1) is 0 Å². The normalized spacial score (nSPS) is 33.4. The van der Waals surface area contributed by atoms with Crippen molar-refractivity contribution in [1.82, 2.24) is 5.32 Å². The van der Waals surface area contributed by atoms with Crippen molar-refractivity contribution in [2.75, 3.05) is 19.8 Å². The molecule has 0 aromatic rings. The molecule has 3 fully saturated rings. The highest BCUT2D eigenvalue weighted by Gasteiger charge is 2.39. The molecule has 0 bridgehead atoms. The molecule has 1 atom stereocenters. The summed E-state index contributed by atoms with van der Waals surface area (Å²) in [7, 11) is 0. The van der Waals surface area contributed by atoms with Gasteiger partial charge in [0.1, 0.15) is 0 Å². The fraction of sp³-hybridized carbons (Fsp3) is 1.00. The van der Waals surface area contributed by atoms with E-state index >= 15 is 0 Å². The van der Waals surface area contributed by atoms with Crippen LogP contribution in [0.4, 0.5) is 0 Å². The molecule has 1 heterocycles. The first-order valence-electron chi connectivity index (χ1n) is 6.85. The van der Waals surface area contributed by atoms with Crippen LogP contribution in [-0.2, 0) is 9.47 Å². The highest BCUT2D eigenvalue weighted by Crippen LogP contribution is 2.35. The van der Waals surface area contributed by atoms with Crippen LogP contribution >= 0.6 is 0 Å². The third-order valence-corrected chi connectivity index (χ3v) is 4.11. The minimum absolute atomic E-state index is 0.140. The van der Waals surface area contributed by atoms with E-state index in [1.807, 2.05) is 0 Å². The van der Waals surface area contributed by atoms with Crippen molar-refractivity contribution in [2.24, 2.45) is 0 Å².